The van der Waals surface area contributed by atoms with E-state index in [4.69, 9.17) is 17.0 Å². The lowest BCUT2D eigenvalue weighted by Crippen LogP contribution is -2.22. The molecule has 8 heteroatoms. The van der Waals surface area contributed by atoms with Crippen LogP contribution in [0.4, 0.5) is 0 Å². The van der Waals surface area contributed by atoms with E-state index in [-0.39, 0.29) is 16.2 Å². The molecule has 2 rings (SSSR count). The molecule has 22 heavy (non-hydrogen) atoms. The van der Waals surface area contributed by atoms with Crippen LogP contribution in [0.1, 0.15) is 24.6 Å². The van der Waals surface area contributed by atoms with Gasteiger partial charge >= 0.3 is 0 Å². The Morgan fingerprint density at radius 2 is 2.32 bits per heavy atom. The second kappa shape index (κ2) is 6.99. The normalized spacial score (nSPS) is 11.0. The van der Waals surface area contributed by atoms with Crippen molar-refractivity contribution < 1.29 is 9.84 Å². The number of aromatic amines is 1. The van der Waals surface area contributed by atoms with Crippen molar-refractivity contribution in [2.45, 2.75) is 20.3 Å². The summed E-state index contributed by atoms with van der Waals surface area (Å²) < 4.78 is 6.51. The molecule has 0 saturated carbocycles. The van der Waals surface area contributed by atoms with Gasteiger partial charge in [0.2, 0.25) is 4.77 Å². The maximum Gasteiger partial charge on any atom is 0.296 e. The first-order chi connectivity index (χ1) is 10.5. The molecule has 2 aromatic rings. The standard InChI is InChI=1S/C14H16N4O3S/c1-3-6-21-11-5-4-10(12(19)7-11)8-15-18-13(20)9(2)16-17-14(18)22/h4-5,7-8,19H,3,6H2,1-2H3,(H,17,22)/b15-8+. The van der Waals surface area contributed by atoms with Gasteiger partial charge in [-0.3, -0.25) is 9.89 Å². The van der Waals surface area contributed by atoms with Crippen LogP contribution in [-0.2, 0) is 0 Å². The zero-order chi connectivity index (χ0) is 16.1. The summed E-state index contributed by atoms with van der Waals surface area (Å²) in [6.45, 7) is 4.13. The summed E-state index contributed by atoms with van der Waals surface area (Å²) in [5.41, 5.74) is 0.278. The van der Waals surface area contributed by atoms with E-state index < -0.39 is 5.56 Å². The van der Waals surface area contributed by atoms with E-state index in [0.717, 1.165) is 11.1 Å². The summed E-state index contributed by atoms with van der Waals surface area (Å²) in [4.78, 5) is 11.9. The molecule has 1 aromatic carbocycles. The largest absolute Gasteiger partial charge is 0.507 e. The van der Waals surface area contributed by atoms with Crippen LogP contribution in [-0.4, -0.2) is 32.8 Å². The lowest BCUT2D eigenvalue weighted by molar-refractivity contribution is 0.315. The quantitative estimate of drug-likeness (QED) is 0.649. The number of rotatable bonds is 5. The molecule has 0 atom stereocenters. The van der Waals surface area contributed by atoms with E-state index in [2.05, 4.69) is 15.3 Å². The summed E-state index contributed by atoms with van der Waals surface area (Å²) in [6, 6.07) is 4.87. The predicted octanol–water partition coefficient (Wildman–Crippen LogP) is 1.99. The molecular formula is C14H16N4O3S. The number of aromatic nitrogens is 3. The van der Waals surface area contributed by atoms with Crippen LogP contribution in [0.25, 0.3) is 0 Å². The Balaban J connectivity index is 2.30. The Morgan fingerprint density at radius 1 is 1.55 bits per heavy atom. The third-order valence-electron chi connectivity index (χ3n) is 2.80. The molecule has 0 saturated heterocycles. The molecule has 1 aromatic heterocycles. The fraction of sp³-hybridized carbons (Fsp3) is 0.286. The van der Waals surface area contributed by atoms with Crippen LogP contribution in [0.15, 0.2) is 28.1 Å². The lowest BCUT2D eigenvalue weighted by Gasteiger charge is -2.06. The van der Waals surface area contributed by atoms with Gasteiger partial charge in [-0.15, -0.1) is 0 Å². The minimum atomic E-state index is -0.414. The number of ether oxygens (including phenoxy) is 1. The van der Waals surface area contributed by atoms with Gasteiger partial charge < -0.3 is 9.84 Å². The summed E-state index contributed by atoms with van der Waals surface area (Å²) in [7, 11) is 0. The average Bonchev–Trinajstić information content (AvgIpc) is 2.50. The van der Waals surface area contributed by atoms with Crippen molar-refractivity contribution >= 4 is 18.4 Å². The molecule has 2 N–H and O–H groups in total. The van der Waals surface area contributed by atoms with Crippen LogP contribution in [0.2, 0.25) is 0 Å². The number of hydrogen-bond acceptors (Lipinski definition) is 6. The van der Waals surface area contributed by atoms with Crippen LogP contribution >= 0.6 is 12.2 Å². The monoisotopic (exact) mass is 320 g/mol. The Hall–Kier alpha value is -2.48. The van der Waals surface area contributed by atoms with Gasteiger partial charge in [0, 0.05) is 11.6 Å². The first-order valence-corrected chi connectivity index (χ1v) is 7.12. The topological polar surface area (TPSA) is 92.5 Å². The second-order valence-corrected chi connectivity index (χ2v) is 4.93. The smallest absolute Gasteiger partial charge is 0.296 e. The highest BCUT2D eigenvalue weighted by atomic mass is 32.1. The molecule has 7 nitrogen and oxygen atoms in total. The Morgan fingerprint density at radius 3 is 3.00 bits per heavy atom. The number of nitrogens with zero attached hydrogens (tertiary/aromatic N) is 3. The summed E-state index contributed by atoms with van der Waals surface area (Å²) >= 11 is 4.96. The average molecular weight is 320 g/mol. The van der Waals surface area contributed by atoms with E-state index in [1.54, 1.807) is 19.1 Å². The van der Waals surface area contributed by atoms with Crippen molar-refractivity contribution in [2.24, 2.45) is 5.10 Å². The van der Waals surface area contributed by atoms with Gasteiger partial charge in [-0.2, -0.15) is 14.9 Å². The fourth-order valence-electron chi connectivity index (χ4n) is 1.64. The number of phenolic OH excluding ortho intramolecular Hbond substituents is 1. The predicted molar refractivity (Wildman–Crippen MR) is 85.3 cm³/mol. The Labute approximate surface area is 131 Å². The van der Waals surface area contributed by atoms with Gasteiger partial charge in [-0.25, -0.2) is 0 Å². The Bertz CT molecular complexity index is 810. The number of benzene rings is 1. The fourth-order valence-corrected chi connectivity index (χ4v) is 1.82. The van der Waals surface area contributed by atoms with Crippen molar-refractivity contribution in [1.82, 2.24) is 14.9 Å². The minimum absolute atomic E-state index is 0.00563. The molecule has 0 bridgehead atoms. The van der Waals surface area contributed by atoms with Gasteiger partial charge in [0.15, 0.2) is 0 Å². The molecule has 0 aliphatic heterocycles. The van der Waals surface area contributed by atoms with Crippen molar-refractivity contribution in [3.8, 4) is 11.5 Å². The second-order valence-electron chi connectivity index (χ2n) is 4.54. The molecular weight excluding hydrogens is 304 g/mol. The van der Waals surface area contributed by atoms with Crippen molar-refractivity contribution in [1.29, 1.82) is 0 Å². The third-order valence-corrected chi connectivity index (χ3v) is 3.06. The first kappa shape index (κ1) is 15.9. The summed E-state index contributed by atoms with van der Waals surface area (Å²) in [5, 5.41) is 20.2. The maximum atomic E-state index is 11.9. The van der Waals surface area contributed by atoms with Crippen LogP contribution in [0.5, 0.6) is 11.5 Å². The van der Waals surface area contributed by atoms with Crippen LogP contribution < -0.4 is 10.3 Å². The highest BCUT2D eigenvalue weighted by Gasteiger charge is 2.04. The Kier molecular flexibility index (Phi) is 5.05. The van der Waals surface area contributed by atoms with Gasteiger partial charge in [0.05, 0.1) is 12.8 Å². The zero-order valence-electron chi connectivity index (χ0n) is 12.2. The van der Waals surface area contributed by atoms with Gasteiger partial charge in [0.1, 0.15) is 17.2 Å². The highest BCUT2D eigenvalue weighted by molar-refractivity contribution is 7.71. The molecule has 1 heterocycles. The van der Waals surface area contributed by atoms with E-state index in [9.17, 15) is 9.90 Å². The summed E-state index contributed by atoms with van der Waals surface area (Å²) in [6.07, 6.45) is 2.23. The maximum absolute atomic E-state index is 11.9. The summed E-state index contributed by atoms with van der Waals surface area (Å²) in [5.74, 6) is 0.580. The van der Waals surface area contributed by atoms with Crippen molar-refractivity contribution in [3.63, 3.8) is 0 Å². The minimum Gasteiger partial charge on any atom is -0.507 e. The number of hydrogen-bond donors (Lipinski definition) is 2. The van der Waals surface area contributed by atoms with Crippen molar-refractivity contribution in [2.75, 3.05) is 6.61 Å². The molecule has 0 unspecified atom stereocenters. The van der Waals surface area contributed by atoms with E-state index in [1.807, 2.05) is 6.92 Å². The zero-order valence-corrected chi connectivity index (χ0v) is 13.1. The molecule has 116 valence electrons. The van der Waals surface area contributed by atoms with Gasteiger partial charge in [0.25, 0.3) is 5.56 Å². The molecule has 0 amide bonds. The highest BCUT2D eigenvalue weighted by Crippen LogP contribution is 2.22. The number of H-pyrrole nitrogens is 1. The third kappa shape index (κ3) is 3.59. The first-order valence-electron chi connectivity index (χ1n) is 6.71. The number of nitrogens with one attached hydrogen (secondary N) is 1. The van der Waals surface area contributed by atoms with Crippen LogP contribution in [0.3, 0.4) is 0 Å². The van der Waals surface area contributed by atoms with Gasteiger partial charge in [-0.1, -0.05) is 6.92 Å². The molecule has 0 fully saturated rings. The lowest BCUT2D eigenvalue weighted by atomic mass is 10.2. The van der Waals surface area contributed by atoms with E-state index in [0.29, 0.717) is 17.9 Å². The molecule has 0 aliphatic rings. The van der Waals surface area contributed by atoms with E-state index in [1.165, 1.54) is 12.3 Å². The molecule has 0 aliphatic carbocycles. The number of aromatic hydroxyl groups is 1. The SMILES string of the molecule is CCCOc1ccc(/C=N/n2c(=S)[nH]nc(C)c2=O)c(O)c1. The molecule has 0 radical (unpaired) electrons. The van der Waals surface area contributed by atoms with Crippen molar-refractivity contribution in [3.05, 3.63) is 44.6 Å². The van der Waals surface area contributed by atoms with Gasteiger partial charge in [-0.05, 0) is 37.7 Å². The van der Waals surface area contributed by atoms with Crippen LogP contribution in [0, 0.1) is 11.7 Å². The number of phenols is 1. The number of aryl methyl sites for hydroxylation is 1. The van der Waals surface area contributed by atoms with E-state index >= 15 is 0 Å². The molecule has 0 spiro atoms.